The van der Waals surface area contributed by atoms with Gasteiger partial charge in [-0.1, -0.05) is 18.2 Å². The van der Waals surface area contributed by atoms with Crippen LogP contribution in [0.2, 0.25) is 0 Å². The van der Waals surface area contributed by atoms with Crippen molar-refractivity contribution in [3.05, 3.63) is 54.6 Å². The molecule has 0 spiro atoms. The van der Waals surface area contributed by atoms with Crippen LogP contribution in [0.25, 0.3) is 0 Å². The van der Waals surface area contributed by atoms with E-state index in [9.17, 15) is 4.79 Å². The Morgan fingerprint density at radius 1 is 1.39 bits per heavy atom. The minimum atomic E-state index is -0.548. The van der Waals surface area contributed by atoms with E-state index in [1.807, 2.05) is 18.2 Å². The summed E-state index contributed by atoms with van der Waals surface area (Å²) < 4.78 is 5.09. The Kier molecular flexibility index (Phi) is 5.68. The number of hydrogen-bond acceptors (Lipinski definition) is 6. The van der Waals surface area contributed by atoms with Crippen LogP contribution in [0.3, 0.4) is 0 Å². The first-order valence-electron chi connectivity index (χ1n) is 7.31. The number of rotatable bonds is 8. The number of nitrogens with zero attached hydrogens (tertiary/aromatic N) is 1. The fourth-order valence-electron chi connectivity index (χ4n) is 1.81. The van der Waals surface area contributed by atoms with E-state index in [0.29, 0.717) is 11.7 Å². The van der Waals surface area contributed by atoms with Crippen LogP contribution in [0.1, 0.15) is 12.8 Å². The van der Waals surface area contributed by atoms with Gasteiger partial charge in [0.05, 0.1) is 18.5 Å². The maximum absolute atomic E-state index is 12.4. The molecule has 0 heterocycles. The van der Waals surface area contributed by atoms with Crippen LogP contribution in [-0.2, 0) is 9.53 Å². The third-order valence-electron chi connectivity index (χ3n) is 3.21. The molecule has 1 saturated carbocycles. The number of ketones is 1. The summed E-state index contributed by atoms with van der Waals surface area (Å²) in [4.78, 5) is 16.7. The molecule has 0 atom stereocenters. The number of ether oxygens (including phenoxy) is 1. The zero-order valence-corrected chi connectivity index (χ0v) is 13.0. The van der Waals surface area contributed by atoms with Crippen molar-refractivity contribution < 1.29 is 9.53 Å². The third-order valence-corrected chi connectivity index (χ3v) is 3.21. The van der Waals surface area contributed by atoms with Gasteiger partial charge in [0.15, 0.2) is 5.76 Å². The smallest absolute Gasteiger partial charge is 0.248 e. The van der Waals surface area contributed by atoms with Crippen molar-refractivity contribution >= 4 is 22.9 Å². The number of aliphatic imine (C=N–C) groups is 1. The standard InChI is InChI=1S/C17H20N4O2/c1-23-15(11-20-12-7-8-12)17(22)16(19)14(9-10-18)21-13-5-3-2-4-6-13/h2-6,9-12,19-20H,7-8,18H2,1H3/b10-9?,15-11+,19-16?,21-14?. The van der Waals surface area contributed by atoms with Crippen molar-refractivity contribution in [1.82, 2.24) is 5.32 Å². The second-order valence-electron chi connectivity index (χ2n) is 5.05. The lowest BCUT2D eigenvalue weighted by molar-refractivity contribution is -0.112. The highest BCUT2D eigenvalue weighted by Crippen LogP contribution is 2.19. The number of hydrogen-bond donors (Lipinski definition) is 3. The first-order chi connectivity index (χ1) is 11.2. The molecule has 0 amide bonds. The van der Waals surface area contributed by atoms with Gasteiger partial charge in [-0.3, -0.25) is 10.2 Å². The molecule has 2 rings (SSSR count). The molecule has 0 bridgehead atoms. The molecule has 1 aromatic rings. The second-order valence-corrected chi connectivity index (χ2v) is 5.05. The van der Waals surface area contributed by atoms with Gasteiger partial charge in [0.2, 0.25) is 5.78 Å². The van der Waals surface area contributed by atoms with Gasteiger partial charge in [0.1, 0.15) is 5.71 Å². The van der Waals surface area contributed by atoms with Crippen molar-refractivity contribution in [2.75, 3.05) is 7.11 Å². The van der Waals surface area contributed by atoms with Crippen LogP contribution >= 0.6 is 0 Å². The molecule has 4 N–H and O–H groups in total. The van der Waals surface area contributed by atoms with Crippen LogP contribution < -0.4 is 11.1 Å². The van der Waals surface area contributed by atoms with Crippen molar-refractivity contribution in [1.29, 1.82) is 5.41 Å². The van der Waals surface area contributed by atoms with Gasteiger partial charge in [-0.2, -0.15) is 0 Å². The van der Waals surface area contributed by atoms with E-state index in [-0.39, 0.29) is 17.2 Å². The van der Waals surface area contributed by atoms with Crippen LogP contribution in [0.15, 0.2) is 59.6 Å². The molecule has 0 aromatic heterocycles. The fraction of sp³-hybridized carbons (Fsp3) is 0.235. The molecule has 23 heavy (non-hydrogen) atoms. The Morgan fingerprint density at radius 2 is 2.09 bits per heavy atom. The van der Waals surface area contributed by atoms with Gasteiger partial charge >= 0.3 is 0 Å². The molecule has 120 valence electrons. The topological polar surface area (TPSA) is 101 Å². The summed E-state index contributed by atoms with van der Waals surface area (Å²) in [6.07, 6.45) is 6.35. The Hall–Kier alpha value is -2.89. The first-order valence-corrected chi connectivity index (χ1v) is 7.31. The fourth-order valence-corrected chi connectivity index (χ4v) is 1.81. The quantitative estimate of drug-likeness (QED) is 0.388. The number of carbonyl (C=O) groups excluding carboxylic acids is 1. The molecule has 0 aliphatic heterocycles. The van der Waals surface area contributed by atoms with Gasteiger partial charge < -0.3 is 15.8 Å². The Balaban J connectivity index is 2.20. The number of para-hydroxylation sites is 1. The summed E-state index contributed by atoms with van der Waals surface area (Å²) in [7, 11) is 1.40. The van der Waals surface area contributed by atoms with Gasteiger partial charge in [-0.15, -0.1) is 0 Å². The minimum absolute atomic E-state index is 0.0769. The minimum Gasteiger partial charge on any atom is -0.491 e. The highest BCUT2D eigenvalue weighted by atomic mass is 16.5. The lowest BCUT2D eigenvalue weighted by Crippen LogP contribution is -2.26. The Labute approximate surface area is 135 Å². The van der Waals surface area contributed by atoms with E-state index in [4.69, 9.17) is 15.9 Å². The molecule has 1 aliphatic carbocycles. The lowest BCUT2D eigenvalue weighted by Gasteiger charge is -2.08. The first kappa shape index (κ1) is 16.5. The van der Waals surface area contributed by atoms with Gasteiger partial charge in [-0.05, 0) is 37.3 Å². The number of allylic oxidation sites excluding steroid dienone is 2. The summed E-state index contributed by atoms with van der Waals surface area (Å²) in [5.41, 5.74) is 5.95. The van der Waals surface area contributed by atoms with E-state index in [1.165, 1.54) is 25.6 Å². The van der Waals surface area contributed by atoms with Crippen LogP contribution in [0.5, 0.6) is 0 Å². The third kappa shape index (κ3) is 4.81. The van der Waals surface area contributed by atoms with Gasteiger partial charge in [0.25, 0.3) is 0 Å². The predicted molar refractivity (Wildman–Crippen MR) is 90.8 cm³/mol. The zero-order chi connectivity index (χ0) is 16.7. The number of nitrogens with one attached hydrogen (secondary N) is 2. The second kappa shape index (κ2) is 7.93. The van der Waals surface area contributed by atoms with E-state index in [0.717, 1.165) is 12.8 Å². The van der Waals surface area contributed by atoms with Crippen molar-refractivity contribution in [3.8, 4) is 0 Å². The van der Waals surface area contributed by atoms with Crippen molar-refractivity contribution in [2.45, 2.75) is 18.9 Å². The summed E-state index contributed by atoms with van der Waals surface area (Å²) >= 11 is 0. The number of nitrogens with two attached hydrogens (primary N) is 1. The summed E-state index contributed by atoms with van der Waals surface area (Å²) in [5, 5.41) is 11.2. The zero-order valence-electron chi connectivity index (χ0n) is 13.0. The molecule has 0 saturated heterocycles. The highest BCUT2D eigenvalue weighted by molar-refractivity contribution is 6.71. The van der Waals surface area contributed by atoms with E-state index >= 15 is 0 Å². The molecule has 1 aliphatic rings. The average molecular weight is 312 g/mol. The molecule has 0 radical (unpaired) electrons. The summed E-state index contributed by atoms with van der Waals surface area (Å²) in [6.45, 7) is 0. The molecule has 6 heteroatoms. The number of benzene rings is 1. The number of Topliss-reactive ketones (excluding diaryl/α,β-unsaturated/α-hetero) is 1. The molecule has 1 aromatic carbocycles. The Morgan fingerprint density at radius 3 is 2.65 bits per heavy atom. The SMILES string of the molecule is CO/C(=C/NC1CC1)C(=O)C(=N)C(C=CN)=Nc1ccccc1. The molecule has 0 unspecified atom stereocenters. The normalized spacial score (nSPS) is 15.5. The molecular weight excluding hydrogens is 292 g/mol. The van der Waals surface area contributed by atoms with E-state index in [2.05, 4.69) is 10.3 Å². The lowest BCUT2D eigenvalue weighted by atomic mass is 10.1. The van der Waals surface area contributed by atoms with Crippen LogP contribution in [-0.4, -0.2) is 30.4 Å². The number of carbonyl (C=O) groups is 1. The molecular formula is C17H20N4O2. The maximum atomic E-state index is 12.4. The van der Waals surface area contributed by atoms with Crippen LogP contribution in [0.4, 0.5) is 5.69 Å². The van der Waals surface area contributed by atoms with Crippen molar-refractivity contribution in [2.24, 2.45) is 10.7 Å². The van der Waals surface area contributed by atoms with Crippen LogP contribution in [0, 0.1) is 5.41 Å². The van der Waals surface area contributed by atoms with E-state index < -0.39 is 5.78 Å². The summed E-state index contributed by atoms with van der Waals surface area (Å²) in [6, 6.07) is 9.47. The monoisotopic (exact) mass is 312 g/mol. The largest absolute Gasteiger partial charge is 0.491 e. The predicted octanol–water partition coefficient (Wildman–Crippen LogP) is 2.06. The number of methoxy groups -OCH3 is 1. The molecule has 6 nitrogen and oxygen atoms in total. The van der Waals surface area contributed by atoms with Gasteiger partial charge in [0, 0.05) is 12.2 Å². The average Bonchev–Trinajstić information content (AvgIpc) is 3.39. The summed E-state index contributed by atoms with van der Waals surface area (Å²) in [5.74, 6) is -0.471. The van der Waals surface area contributed by atoms with Crippen molar-refractivity contribution in [3.63, 3.8) is 0 Å². The Bertz CT molecular complexity index is 658. The molecule has 1 fully saturated rings. The highest BCUT2D eigenvalue weighted by Gasteiger charge is 2.23. The van der Waals surface area contributed by atoms with E-state index in [1.54, 1.807) is 12.1 Å². The van der Waals surface area contributed by atoms with Gasteiger partial charge in [-0.25, -0.2) is 4.99 Å². The maximum Gasteiger partial charge on any atom is 0.248 e.